The second-order valence-electron chi connectivity index (χ2n) is 6.91. The summed E-state index contributed by atoms with van der Waals surface area (Å²) in [6, 6.07) is 18.9. The van der Waals surface area contributed by atoms with Gasteiger partial charge in [-0.05, 0) is 43.0 Å². The van der Waals surface area contributed by atoms with Gasteiger partial charge in [-0.1, -0.05) is 42.5 Å². The average molecular weight is 343 g/mol. The molecule has 0 bridgehead atoms. The van der Waals surface area contributed by atoms with E-state index in [1.54, 1.807) is 4.80 Å². The molecule has 26 heavy (non-hydrogen) atoms. The molecular weight excluding hydrogens is 322 g/mol. The molecule has 0 saturated carbocycles. The highest BCUT2D eigenvalue weighted by Crippen LogP contribution is 2.31. The zero-order valence-corrected chi connectivity index (χ0v) is 15.1. The summed E-state index contributed by atoms with van der Waals surface area (Å²) in [7, 11) is 0. The van der Waals surface area contributed by atoms with Crippen molar-refractivity contribution in [2.24, 2.45) is 0 Å². The molecule has 1 saturated heterocycles. The molecule has 0 unspecified atom stereocenters. The van der Waals surface area contributed by atoms with Gasteiger partial charge >= 0.3 is 0 Å². The van der Waals surface area contributed by atoms with Crippen molar-refractivity contribution in [1.82, 2.24) is 15.0 Å². The minimum Gasteiger partial charge on any atom is -0.352 e. The number of nitriles is 1. The maximum atomic E-state index is 9.55. The van der Waals surface area contributed by atoms with Gasteiger partial charge < -0.3 is 4.90 Å². The Morgan fingerprint density at radius 3 is 2.65 bits per heavy atom. The largest absolute Gasteiger partial charge is 0.352 e. The van der Waals surface area contributed by atoms with E-state index >= 15 is 0 Å². The summed E-state index contributed by atoms with van der Waals surface area (Å²) in [6.45, 7) is 5.83. The summed E-state index contributed by atoms with van der Waals surface area (Å²) in [5, 5.41) is 18.7. The zero-order chi connectivity index (χ0) is 18.1. The third kappa shape index (κ3) is 2.95. The van der Waals surface area contributed by atoms with Crippen molar-refractivity contribution in [2.45, 2.75) is 26.2 Å². The van der Waals surface area contributed by atoms with Crippen LogP contribution in [0, 0.1) is 25.2 Å². The predicted molar refractivity (Wildman–Crippen MR) is 102 cm³/mol. The number of benzene rings is 2. The smallest absolute Gasteiger partial charge is 0.207 e. The Morgan fingerprint density at radius 2 is 1.88 bits per heavy atom. The monoisotopic (exact) mass is 343 g/mol. The van der Waals surface area contributed by atoms with Crippen molar-refractivity contribution < 1.29 is 0 Å². The normalized spacial score (nSPS) is 16.7. The second kappa shape index (κ2) is 6.64. The lowest BCUT2D eigenvalue weighted by Crippen LogP contribution is -2.20. The van der Waals surface area contributed by atoms with Gasteiger partial charge in [-0.25, -0.2) is 0 Å². The fraction of sp³-hybridized carbons (Fsp3) is 0.286. The highest BCUT2D eigenvalue weighted by Gasteiger charge is 2.28. The molecule has 1 fully saturated rings. The lowest BCUT2D eigenvalue weighted by Gasteiger charge is -2.15. The molecule has 4 rings (SSSR count). The first kappa shape index (κ1) is 16.3. The number of nitrogens with zero attached hydrogens (tertiary/aromatic N) is 5. The first-order chi connectivity index (χ1) is 12.7. The van der Waals surface area contributed by atoms with E-state index in [4.69, 9.17) is 0 Å². The standard InChI is InChI=1S/C21H21N5/c1-15-8-9-16(2)20(12-15)26-23-19(13-22)21(24-26)25-11-10-18(14-25)17-6-4-3-5-7-17/h3-9,12,18H,10-11,14H2,1-2H3/t18-/m1/s1. The first-order valence-electron chi connectivity index (χ1n) is 8.90. The fourth-order valence-corrected chi connectivity index (χ4v) is 3.58. The minimum atomic E-state index is 0.389. The molecule has 5 nitrogen and oxygen atoms in total. The van der Waals surface area contributed by atoms with Crippen LogP contribution in [-0.2, 0) is 0 Å². The van der Waals surface area contributed by atoms with Gasteiger partial charge in [-0.3, -0.25) is 0 Å². The maximum Gasteiger partial charge on any atom is 0.207 e. The van der Waals surface area contributed by atoms with Crippen molar-refractivity contribution >= 4 is 5.82 Å². The Bertz CT molecular complexity index is 968. The molecule has 1 atom stereocenters. The van der Waals surface area contributed by atoms with E-state index < -0.39 is 0 Å². The van der Waals surface area contributed by atoms with Gasteiger partial charge in [0.1, 0.15) is 6.07 Å². The summed E-state index contributed by atoms with van der Waals surface area (Å²) in [5.74, 6) is 1.15. The molecule has 130 valence electrons. The highest BCUT2D eigenvalue weighted by molar-refractivity contribution is 5.52. The SMILES string of the molecule is Cc1ccc(C)c(-n2nc(C#N)c(N3CC[C@@H](c4ccccc4)C3)n2)c1. The molecule has 0 radical (unpaired) electrons. The zero-order valence-electron chi connectivity index (χ0n) is 15.1. The molecule has 0 spiro atoms. The lowest BCUT2D eigenvalue weighted by molar-refractivity contribution is 0.736. The van der Waals surface area contributed by atoms with E-state index in [9.17, 15) is 5.26 Å². The molecule has 2 aromatic carbocycles. The molecule has 0 amide bonds. The van der Waals surface area contributed by atoms with Crippen LogP contribution in [0.3, 0.4) is 0 Å². The summed E-state index contributed by atoms with van der Waals surface area (Å²) < 4.78 is 0. The van der Waals surface area contributed by atoms with Crippen molar-refractivity contribution in [1.29, 1.82) is 5.26 Å². The topological polar surface area (TPSA) is 57.7 Å². The summed E-state index contributed by atoms with van der Waals surface area (Å²) >= 11 is 0. The van der Waals surface area contributed by atoms with Gasteiger partial charge in [0.05, 0.1) is 5.69 Å². The van der Waals surface area contributed by atoms with E-state index in [0.29, 0.717) is 17.4 Å². The third-order valence-electron chi connectivity index (χ3n) is 5.04. The van der Waals surface area contributed by atoms with E-state index in [0.717, 1.165) is 36.3 Å². The Balaban J connectivity index is 1.65. The van der Waals surface area contributed by atoms with Gasteiger partial charge in [0, 0.05) is 19.0 Å². The van der Waals surface area contributed by atoms with E-state index in [2.05, 4.69) is 63.6 Å². The molecule has 2 heterocycles. The molecule has 0 aliphatic carbocycles. The first-order valence-corrected chi connectivity index (χ1v) is 8.90. The molecule has 1 aliphatic rings. The van der Waals surface area contributed by atoms with Crippen molar-refractivity contribution in [2.75, 3.05) is 18.0 Å². The van der Waals surface area contributed by atoms with E-state index in [1.165, 1.54) is 5.56 Å². The molecular formula is C21H21N5. The van der Waals surface area contributed by atoms with Crippen LogP contribution in [0.25, 0.3) is 5.69 Å². The number of hydrogen-bond donors (Lipinski definition) is 0. The third-order valence-corrected chi connectivity index (χ3v) is 5.04. The summed E-state index contributed by atoms with van der Waals surface area (Å²) in [5.41, 5.74) is 4.89. The molecule has 3 aromatic rings. The Morgan fingerprint density at radius 1 is 1.08 bits per heavy atom. The second-order valence-corrected chi connectivity index (χ2v) is 6.91. The minimum absolute atomic E-state index is 0.389. The van der Waals surface area contributed by atoms with Gasteiger partial charge in [0.25, 0.3) is 0 Å². The Labute approximate surface area is 153 Å². The van der Waals surface area contributed by atoms with Crippen molar-refractivity contribution in [3.63, 3.8) is 0 Å². The van der Waals surface area contributed by atoms with Crippen LogP contribution in [0.5, 0.6) is 0 Å². The van der Waals surface area contributed by atoms with E-state index in [-0.39, 0.29) is 0 Å². The predicted octanol–water partition coefficient (Wildman–Crippen LogP) is 3.75. The van der Waals surface area contributed by atoms with Gasteiger partial charge in [0.15, 0.2) is 5.82 Å². The Kier molecular flexibility index (Phi) is 4.18. The van der Waals surface area contributed by atoms with Gasteiger partial charge in [0.2, 0.25) is 5.69 Å². The van der Waals surface area contributed by atoms with Gasteiger partial charge in [-0.15, -0.1) is 15.0 Å². The van der Waals surface area contributed by atoms with Crippen LogP contribution >= 0.6 is 0 Å². The van der Waals surface area contributed by atoms with Crippen LogP contribution in [0.15, 0.2) is 48.5 Å². The molecule has 1 aromatic heterocycles. The van der Waals surface area contributed by atoms with Gasteiger partial charge in [-0.2, -0.15) is 5.26 Å². The van der Waals surface area contributed by atoms with Crippen LogP contribution in [0.4, 0.5) is 5.82 Å². The molecule has 0 N–H and O–H groups in total. The highest BCUT2D eigenvalue weighted by atomic mass is 15.5. The lowest BCUT2D eigenvalue weighted by atomic mass is 9.99. The number of anilines is 1. The molecule has 5 heteroatoms. The van der Waals surface area contributed by atoms with Crippen LogP contribution < -0.4 is 4.90 Å². The maximum absolute atomic E-state index is 9.55. The van der Waals surface area contributed by atoms with Crippen molar-refractivity contribution in [3.8, 4) is 11.8 Å². The number of aryl methyl sites for hydroxylation is 2. The average Bonchev–Trinajstić information content (AvgIpc) is 3.31. The summed E-state index contributed by atoms with van der Waals surface area (Å²) in [6.07, 6.45) is 1.06. The quantitative estimate of drug-likeness (QED) is 0.727. The summed E-state index contributed by atoms with van der Waals surface area (Å²) in [4.78, 5) is 3.79. The molecule has 1 aliphatic heterocycles. The number of hydrogen-bond acceptors (Lipinski definition) is 4. The number of aromatic nitrogens is 3. The van der Waals surface area contributed by atoms with E-state index in [1.807, 2.05) is 19.9 Å². The van der Waals surface area contributed by atoms with Crippen LogP contribution in [0.2, 0.25) is 0 Å². The Hall–Kier alpha value is -3.13. The van der Waals surface area contributed by atoms with Crippen LogP contribution in [0.1, 0.15) is 34.7 Å². The van der Waals surface area contributed by atoms with Crippen molar-refractivity contribution in [3.05, 3.63) is 70.9 Å². The number of rotatable bonds is 3. The fourth-order valence-electron chi connectivity index (χ4n) is 3.58. The van der Waals surface area contributed by atoms with Crippen LogP contribution in [-0.4, -0.2) is 28.1 Å².